The molecular weight excluding hydrogens is 408 g/mol. The van der Waals surface area contributed by atoms with Crippen molar-refractivity contribution in [3.05, 3.63) is 39.9 Å². The molecule has 9 nitrogen and oxygen atoms in total. The molecule has 30 heavy (non-hydrogen) atoms. The second kappa shape index (κ2) is 10.9. The fourth-order valence-corrected chi connectivity index (χ4v) is 4.23. The van der Waals surface area contributed by atoms with E-state index in [4.69, 9.17) is 17.0 Å². The van der Waals surface area contributed by atoms with E-state index >= 15 is 0 Å². The fraction of sp³-hybridized carbons (Fsp3) is 0.550. The van der Waals surface area contributed by atoms with E-state index in [9.17, 15) is 19.7 Å². The van der Waals surface area contributed by atoms with Crippen LogP contribution in [0.2, 0.25) is 0 Å². The minimum absolute atomic E-state index is 0.00891. The molecule has 0 spiro atoms. The van der Waals surface area contributed by atoms with Gasteiger partial charge in [-0.1, -0.05) is 37.2 Å². The number of hydrogen-bond acceptors (Lipinski definition) is 6. The first kappa shape index (κ1) is 23.5. The molecule has 1 saturated carbocycles. The maximum Gasteiger partial charge on any atom is 0.328 e. The lowest BCUT2D eigenvalue weighted by Crippen LogP contribution is -2.49. The number of carbonyl (C=O) groups is 2. The van der Waals surface area contributed by atoms with Crippen LogP contribution in [-0.4, -0.2) is 48.7 Å². The zero-order valence-electron chi connectivity index (χ0n) is 17.2. The normalized spacial score (nSPS) is 15.7. The predicted molar refractivity (Wildman–Crippen MR) is 116 cm³/mol. The zero-order valence-corrected chi connectivity index (χ0v) is 18.0. The van der Waals surface area contributed by atoms with Crippen LogP contribution >= 0.6 is 12.2 Å². The van der Waals surface area contributed by atoms with E-state index in [-0.39, 0.29) is 23.6 Å². The van der Waals surface area contributed by atoms with Crippen LogP contribution in [0.1, 0.15) is 37.7 Å². The number of non-ortho nitro benzene ring substituents is 1. The molecule has 0 saturated heterocycles. The van der Waals surface area contributed by atoms with E-state index in [1.54, 1.807) is 19.2 Å². The number of benzene rings is 1. The Kier molecular flexibility index (Phi) is 8.52. The molecule has 0 bridgehead atoms. The van der Waals surface area contributed by atoms with Crippen molar-refractivity contribution in [1.29, 1.82) is 0 Å². The van der Waals surface area contributed by atoms with Gasteiger partial charge in [0.1, 0.15) is 6.04 Å². The number of nitro benzene ring substituents is 1. The highest BCUT2D eigenvalue weighted by Gasteiger charge is 2.39. The molecule has 10 heteroatoms. The van der Waals surface area contributed by atoms with Gasteiger partial charge in [-0.25, -0.2) is 9.59 Å². The zero-order chi connectivity index (χ0) is 22.1. The number of nitrogens with zero attached hydrogens (tertiary/aromatic N) is 1. The van der Waals surface area contributed by atoms with Gasteiger partial charge in [-0.2, -0.15) is 0 Å². The summed E-state index contributed by atoms with van der Waals surface area (Å²) in [4.78, 5) is 34.8. The predicted octanol–water partition coefficient (Wildman–Crippen LogP) is 2.48. The molecule has 0 radical (unpaired) electrons. The van der Waals surface area contributed by atoms with Crippen molar-refractivity contribution in [1.82, 2.24) is 16.0 Å². The maximum absolute atomic E-state index is 12.4. The van der Waals surface area contributed by atoms with E-state index in [1.807, 2.05) is 0 Å². The first-order chi connectivity index (χ1) is 14.3. The van der Waals surface area contributed by atoms with Gasteiger partial charge in [-0.05, 0) is 24.8 Å². The number of rotatable bonds is 9. The van der Waals surface area contributed by atoms with Gasteiger partial charge in [0, 0.05) is 37.6 Å². The molecule has 1 unspecified atom stereocenters. The van der Waals surface area contributed by atoms with Crippen LogP contribution in [-0.2, 0) is 16.0 Å². The lowest BCUT2D eigenvalue weighted by molar-refractivity contribution is -0.384. The van der Waals surface area contributed by atoms with Crippen molar-refractivity contribution in [2.75, 3.05) is 20.7 Å². The Morgan fingerprint density at radius 2 is 1.90 bits per heavy atom. The number of methoxy groups -OCH3 is 1. The number of carbonyl (C=O) groups excluding carboxylic acids is 2. The smallest absolute Gasteiger partial charge is 0.328 e. The van der Waals surface area contributed by atoms with Crippen LogP contribution in [0.25, 0.3) is 0 Å². The molecule has 2 amide bonds. The van der Waals surface area contributed by atoms with Gasteiger partial charge < -0.3 is 20.7 Å². The summed E-state index contributed by atoms with van der Waals surface area (Å²) in [5.74, 6) is -0.452. The largest absolute Gasteiger partial charge is 0.467 e. The van der Waals surface area contributed by atoms with Crippen molar-refractivity contribution in [2.24, 2.45) is 5.41 Å². The van der Waals surface area contributed by atoms with Crippen molar-refractivity contribution in [3.8, 4) is 0 Å². The van der Waals surface area contributed by atoms with Gasteiger partial charge in [-0.15, -0.1) is 0 Å². The molecule has 1 aliphatic carbocycles. The summed E-state index contributed by atoms with van der Waals surface area (Å²) >= 11 is 5.71. The van der Waals surface area contributed by atoms with Crippen LogP contribution < -0.4 is 16.0 Å². The molecule has 164 valence electrons. The lowest BCUT2D eigenvalue weighted by Gasteiger charge is -2.32. The van der Waals surface area contributed by atoms with Crippen molar-refractivity contribution in [2.45, 2.75) is 44.6 Å². The van der Waals surface area contributed by atoms with Gasteiger partial charge in [0.15, 0.2) is 0 Å². The average molecular weight is 437 g/mol. The quantitative estimate of drug-likeness (QED) is 0.235. The third-order valence-corrected chi connectivity index (χ3v) is 6.09. The highest BCUT2D eigenvalue weighted by atomic mass is 32.1. The molecule has 1 aromatic rings. The van der Waals surface area contributed by atoms with Crippen LogP contribution in [0, 0.1) is 15.5 Å². The molecule has 1 atom stereocenters. The minimum atomic E-state index is -0.701. The van der Waals surface area contributed by atoms with Gasteiger partial charge in [0.2, 0.25) is 0 Å². The summed E-state index contributed by atoms with van der Waals surface area (Å²) in [5, 5.41) is 19.3. The monoisotopic (exact) mass is 436 g/mol. The standard InChI is InChI=1S/C20H28N4O5S/c1-21-19(26)22-12-11-20(9-3-4-10-20)18(30)23-16(17(25)29-2)13-14-5-7-15(8-6-14)24(27)28/h5-8,16H,3-4,9-13H2,1-2H3,(H,23,30)(H2,21,22,26). The summed E-state index contributed by atoms with van der Waals surface area (Å²) in [6.07, 6.45) is 4.81. The van der Waals surface area contributed by atoms with Crippen molar-refractivity contribution < 1.29 is 19.2 Å². The van der Waals surface area contributed by atoms with Gasteiger partial charge >= 0.3 is 12.0 Å². The van der Waals surface area contributed by atoms with Crippen molar-refractivity contribution >= 4 is 34.9 Å². The Morgan fingerprint density at radius 3 is 2.43 bits per heavy atom. The lowest BCUT2D eigenvalue weighted by atomic mass is 9.82. The number of thiocarbonyl (C=S) groups is 1. The number of ether oxygens (including phenoxy) is 1. The summed E-state index contributed by atoms with van der Waals surface area (Å²) in [6.45, 7) is 0.479. The molecule has 1 aliphatic rings. The number of esters is 1. The molecule has 0 aliphatic heterocycles. The summed E-state index contributed by atoms with van der Waals surface area (Å²) in [5.41, 5.74) is 0.469. The number of nitrogens with one attached hydrogen (secondary N) is 3. The average Bonchev–Trinajstić information content (AvgIpc) is 3.23. The second-order valence-corrected chi connectivity index (χ2v) is 7.83. The Morgan fingerprint density at radius 1 is 1.27 bits per heavy atom. The van der Waals surface area contributed by atoms with E-state index in [1.165, 1.54) is 19.2 Å². The van der Waals surface area contributed by atoms with Gasteiger partial charge in [0.05, 0.1) is 17.0 Å². The molecule has 0 heterocycles. The SMILES string of the molecule is CNC(=O)NCCC1(C(=S)NC(Cc2ccc([N+](=O)[O-])cc2)C(=O)OC)CCCC1. The van der Waals surface area contributed by atoms with E-state index in [2.05, 4.69) is 16.0 Å². The number of hydrogen-bond donors (Lipinski definition) is 3. The molecular formula is C20H28N4O5S. The molecule has 1 fully saturated rings. The summed E-state index contributed by atoms with van der Waals surface area (Å²) < 4.78 is 4.94. The topological polar surface area (TPSA) is 123 Å². The maximum atomic E-state index is 12.4. The molecule has 0 aromatic heterocycles. The Bertz CT molecular complexity index is 778. The number of urea groups is 1. The Hall–Kier alpha value is -2.75. The van der Waals surface area contributed by atoms with Crippen LogP contribution in [0.3, 0.4) is 0 Å². The number of amides is 2. The van der Waals surface area contributed by atoms with Gasteiger partial charge in [0.25, 0.3) is 5.69 Å². The molecule has 3 N–H and O–H groups in total. The molecule has 2 rings (SSSR count). The molecule has 1 aromatic carbocycles. The first-order valence-electron chi connectivity index (χ1n) is 9.89. The Labute approximate surface area is 181 Å². The van der Waals surface area contributed by atoms with Crippen LogP contribution in [0.15, 0.2) is 24.3 Å². The first-order valence-corrected chi connectivity index (χ1v) is 10.3. The van der Waals surface area contributed by atoms with Crippen LogP contribution in [0.5, 0.6) is 0 Å². The minimum Gasteiger partial charge on any atom is -0.467 e. The highest BCUT2D eigenvalue weighted by molar-refractivity contribution is 7.80. The summed E-state index contributed by atoms with van der Waals surface area (Å²) in [7, 11) is 2.88. The third kappa shape index (κ3) is 6.12. The second-order valence-electron chi connectivity index (χ2n) is 7.42. The van der Waals surface area contributed by atoms with E-state index in [0.717, 1.165) is 31.2 Å². The van der Waals surface area contributed by atoms with E-state index in [0.29, 0.717) is 18.0 Å². The highest BCUT2D eigenvalue weighted by Crippen LogP contribution is 2.42. The number of nitro groups is 1. The third-order valence-electron chi connectivity index (χ3n) is 5.54. The van der Waals surface area contributed by atoms with E-state index < -0.39 is 16.9 Å². The van der Waals surface area contributed by atoms with Crippen LogP contribution in [0.4, 0.5) is 10.5 Å². The Balaban J connectivity index is 2.09. The summed E-state index contributed by atoms with van der Waals surface area (Å²) in [6, 6.07) is 5.12. The van der Waals surface area contributed by atoms with Crippen molar-refractivity contribution in [3.63, 3.8) is 0 Å². The van der Waals surface area contributed by atoms with Gasteiger partial charge in [-0.3, -0.25) is 10.1 Å². The fourth-order valence-electron chi connectivity index (χ4n) is 3.78.